The summed E-state index contributed by atoms with van der Waals surface area (Å²) in [6.07, 6.45) is 5.49. The second-order valence-electron chi connectivity index (χ2n) is 12.6. The molecule has 2 heterocycles. The molecule has 0 bridgehead atoms. The van der Waals surface area contributed by atoms with Gasteiger partial charge in [-0.1, -0.05) is 74.4 Å². The van der Waals surface area contributed by atoms with Gasteiger partial charge in [-0.3, -0.25) is 19.3 Å². The molecule has 0 spiro atoms. The Morgan fingerprint density at radius 3 is 2.50 bits per heavy atom. The maximum atomic E-state index is 13.8. The fourth-order valence-corrected chi connectivity index (χ4v) is 7.31. The Kier molecular flexibility index (Phi) is 10.1. The van der Waals surface area contributed by atoms with E-state index in [1.807, 2.05) is 30.3 Å². The number of hydrogen-bond donors (Lipinski definition) is 3. The van der Waals surface area contributed by atoms with Crippen LogP contribution in [0.15, 0.2) is 65.7 Å². The lowest BCUT2D eigenvalue weighted by Crippen LogP contribution is -2.46. The van der Waals surface area contributed by atoms with Crippen LogP contribution in [0.25, 0.3) is 11.6 Å². The average Bonchev–Trinajstić information content (AvgIpc) is 3.23. The first kappa shape index (κ1) is 31.7. The van der Waals surface area contributed by atoms with E-state index in [0.717, 1.165) is 27.8 Å². The number of benzene rings is 2. The van der Waals surface area contributed by atoms with Crippen molar-refractivity contribution in [2.24, 2.45) is 23.7 Å². The zero-order chi connectivity index (χ0) is 31.4. The predicted octanol–water partition coefficient (Wildman–Crippen LogP) is 5.81. The van der Waals surface area contributed by atoms with Crippen molar-refractivity contribution < 1.29 is 34.3 Å². The number of imide groups is 1. The van der Waals surface area contributed by atoms with Crippen molar-refractivity contribution >= 4 is 36.6 Å². The van der Waals surface area contributed by atoms with E-state index in [4.69, 9.17) is 9.76 Å². The predicted molar refractivity (Wildman–Crippen MR) is 169 cm³/mol. The molecule has 2 aromatic rings. The van der Waals surface area contributed by atoms with E-state index in [-0.39, 0.29) is 42.1 Å². The summed E-state index contributed by atoms with van der Waals surface area (Å²) in [5.74, 6) is -2.05. The molecule has 5 rings (SSSR count). The number of carbonyl (C=O) groups is 3. The third kappa shape index (κ3) is 7.00. The Bertz CT molecular complexity index is 1440. The van der Waals surface area contributed by atoms with Gasteiger partial charge in [0.1, 0.15) is 5.75 Å². The van der Waals surface area contributed by atoms with Gasteiger partial charge in [-0.25, -0.2) is 0 Å². The fraction of sp³-hybridized carbons (Fsp3) is 0.457. The highest BCUT2D eigenvalue weighted by Crippen LogP contribution is 2.52. The van der Waals surface area contributed by atoms with Gasteiger partial charge in [-0.15, -0.1) is 0 Å². The molecular weight excluding hydrogens is 557 g/mol. The zero-order valence-corrected chi connectivity index (χ0v) is 25.5. The molecule has 2 fully saturated rings. The van der Waals surface area contributed by atoms with Crippen molar-refractivity contribution in [2.75, 3.05) is 6.54 Å². The van der Waals surface area contributed by atoms with Crippen LogP contribution in [-0.4, -0.2) is 57.7 Å². The Morgan fingerprint density at radius 2 is 1.80 bits per heavy atom. The number of amides is 2. The number of hydrogen-bond acceptors (Lipinski definition) is 6. The second kappa shape index (κ2) is 14.0. The quantitative estimate of drug-likeness (QED) is 0.0925. The molecule has 9 heteroatoms. The molecular formula is C35H42BNO7. The molecule has 3 N–H and O–H groups in total. The number of phenolic OH excluding ortho intramolecular Hbond substituents is 1. The minimum atomic E-state index is -1.04. The van der Waals surface area contributed by atoms with Gasteiger partial charge < -0.3 is 19.9 Å². The van der Waals surface area contributed by atoms with Crippen molar-refractivity contribution in [3.05, 3.63) is 76.9 Å². The molecule has 44 heavy (non-hydrogen) atoms. The minimum absolute atomic E-state index is 0.0779. The smallest absolute Gasteiger partial charge is 0.455 e. The van der Waals surface area contributed by atoms with E-state index in [0.29, 0.717) is 45.1 Å². The summed E-state index contributed by atoms with van der Waals surface area (Å²) in [7, 11) is -1.04. The topological polar surface area (TPSA) is 124 Å². The van der Waals surface area contributed by atoms with Crippen molar-refractivity contribution in [2.45, 2.75) is 71.2 Å². The molecule has 2 aromatic carbocycles. The number of nitrogens with zero attached hydrogens (tertiary/aromatic N) is 1. The molecule has 8 nitrogen and oxygen atoms in total. The highest BCUT2D eigenvalue weighted by atomic mass is 16.5. The van der Waals surface area contributed by atoms with Gasteiger partial charge in [-0.2, -0.15) is 0 Å². The van der Waals surface area contributed by atoms with Crippen molar-refractivity contribution in [3.63, 3.8) is 0 Å². The SMILES string of the molecule is CC(C)C1=C2[C@@H](CC/C(=C/c3cccc(O)c3)c3ccccc3)OB(O)C[C@@H]2[C@@H]2C(=O)N(CCCCCC(=O)O)C(=O)[C@@H]2C1. The highest BCUT2D eigenvalue weighted by Gasteiger charge is 2.57. The van der Waals surface area contributed by atoms with Gasteiger partial charge in [0.2, 0.25) is 11.8 Å². The zero-order valence-electron chi connectivity index (χ0n) is 25.5. The van der Waals surface area contributed by atoms with Crippen LogP contribution >= 0.6 is 0 Å². The molecule has 0 radical (unpaired) electrons. The summed E-state index contributed by atoms with van der Waals surface area (Å²) in [6.45, 7) is 4.52. The first-order chi connectivity index (χ1) is 21.1. The third-order valence-corrected chi connectivity index (χ3v) is 9.34. The number of fused-ring (bicyclic) bond motifs is 3. The molecule has 3 aliphatic rings. The van der Waals surface area contributed by atoms with Crippen LogP contribution in [0, 0.1) is 23.7 Å². The lowest BCUT2D eigenvalue weighted by Gasteiger charge is -2.44. The summed E-state index contributed by atoms with van der Waals surface area (Å²) < 4.78 is 6.21. The number of allylic oxidation sites excluding steroid dienone is 2. The molecule has 0 unspecified atom stereocenters. The van der Waals surface area contributed by atoms with Crippen molar-refractivity contribution in [3.8, 4) is 5.75 Å². The second-order valence-corrected chi connectivity index (χ2v) is 12.6. The van der Waals surface area contributed by atoms with Gasteiger partial charge in [0.05, 0.1) is 17.9 Å². The summed E-state index contributed by atoms with van der Waals surface area (Å²) in [6, 6.07) is 17.2. The molecule has 0 saturated carbocycles. The molecule has 4 atom stereocenters. The van der Waals surface area contributed by atoms with E-state index in [1.54, 1.807) is 12.1 Å². The summed E-state index contributed by atoms with van der Waals surface area (Å²) in [5.41, 5.74) is 5.22. The van der Waals surface area contributed by atoms with E-state index < -0.39 is 31.0 Å². The van der Waals surface area contributed by atoms with Gasteiger partial charge in [0.25, 0.3) is 0 Å². The Labute approximate surface area is 259 Å². The number of carboxylic acid groups (broad SMARTS) is 1. The molecule has 0 aromatic heterocycles. The largest absolute Gasteiger partial charge is 0.508 e. The number of aliphatic carboxylic acids is 1. The molecule has 2 saturated heterocycles. The molecule has 1 aliphatic carbocycles. The van der Waals surface area contributed by atoms with Crippen LogP contribution in [0.3, 0.4) is 0 Å². The lowest BCUT2D eigenvalue weighted by atomic mass is 9.57. The third-order valence-electron chi connectivity index (χ3n) is 9.34. The number of likely N-dealkylation sites (tertiary alicyclic amines) is 1. The summed E-state index contributed by atoms with van der Waals surface area (Å²) in [4.78, 5) is 39.6. The maximum Gasteiger partial charge on any atom is 0.455 e. The highest BCUT2D eigenvalue weighted by molar-refractivity contribution is 6.43. The number of unbranched alkanes of at least 4 members (excludes halogenated alkanes) is 2. The van der Waals surface area contributed by atoms with Crippen molar-refractivity contribution in [1.29, 1.82) is 0 Å². The van der Waals surface area contributed by atoms with E-state index in [1.165, 1.54) is 4.90 Å². The lowest BCUT2D eigenvalue weighted by molar-refractivity contribution is -0.141. The monoisotopic (exact) mass is 599 g/mol. The maximum absolute atomic E-state index is 13.8. The number of carboxylic acids is 1. The number of aromatic hydroxyl groups is 1. The normalized spacial score (nSPS) is 23.8. The van der Waals surface area contributed by atoms with Gasteiger partial charge in [0, 0.05) is 13.0 Å². The van der Waals surface area contributed by atoms with Gasteiger partial charge in [0.15, 0.2) is 0 Å². The van der Waals surface area contributed by atoms with Gasteiger partial charge in [-0.05, 0) is 84.7 Å². The van der Waals surface area contributed by atoms with Crippen LogP contribution in [0.5, 0.6) is 5.75 Å². The van der Waals surface area contributed by atoms with Crippen LogP contribution in [0.1, 0.15) is 69.9 Å². The number of phenols is 1. The summed E-state index contributed by atoms with van der Waals surface area (Å²) >= 11 is 0. The average molecular weight is 600 g/mol. The minimum Gasteiger partial charge on any atom is -0.508 e. The standard InChI is InChI=1S/C35H42BNO7/c1-22(2)27-20-28-33(35(42)37(34(28)41)17-8-4-7-14-31(39)40)29-21-36(43)44-30(32(27)29)16-15-25(24-11-5-3-6-12-24)18-23-10-9-13-26(38)19-23/h3,5-6,9-13,18-19,22,28-30,33,38,43H,4,7-8,14-17,20-21H2,1-2H3,(H,39,40)/b25-18-/t28-,29+,30-,33-/m1/s1. The Morgan fingerprint density at radius 1 is 1.02 bits per heavy atom. The van der Waals surface area contributed by atoms with Crippen LogP contribution in [-0.2, 0) is 19.0 Å². The first-order valence-corrected chi connectivity index (χ1v) is 15.8. The molecule has 2 amide bonds. The Balaban J connectivity index is 1.39. The van der Waals surface area contributed by atoms with E-state index in [2.05, 4.69) is 32.1 Å². The van der Waals surface area contributed by atoms with E-state index >= 15 is 0 Å². The number of carbonyl (C=O) groups excluding carboxylic acids is 2. The van der Waals surface area contributed by atoms with Crippen LogP contribution < -0.4 is 0 Å². The van der Waals surface area contributed by atoms with Crippen molar-refractivity contribution in [1.82, 2.24) is 4.90 Å². The summed E-state index contributed by atoms with van der Waals surface area (Å²) in [5, 5.41) is 29.9. The molecule has 232 valence electrons. The van der Waals surface area contributed by atoms with Crippen LogP contribution in [0.4, 0.5) is 0 Å². The van der Waals surface area contributed by atoms with E-state index in [9.17, 15) is 24.5 Å². The first-order valence-electron chi connectivity index (χ1n) is 15.8. The van der Waals surface area contributed by atoms with Crippen LogP contribution in [0.2, 0.25) is 6.32 Å². The van der Waals surface area contributed by atoms with Gasteiger partial charge >= 0.3 is 13.1 Å². The number of rotatable bonds is 12. The molecule has 2 aliphatic heterocycles. The Hall–Kier alpha value is -3.69. The fourth-order valence-electron chi connectivity index (χ4n) is 7.31.